The number of aromatic nitrogens is 2. The van der Waals surface area contributed by atoms with E-state index in [0.29, 0.717) is 11.6 Å². The van der Waals surface area contributed by atoms with Crippen LogP contribution in [0.5, 0.6) is 0 Å². The smallest absolute Gasteiger partial charge is 0.255 e. The van der Waals surface area contributed by atoms with Crippen LogP contribution in [-0.4, -0.2) is 36.1 Å². The van der Waals surface area contributed by atoms with E-state index in [1.165, 1.54) is 19.1 Å². The average Bonchev–Trinajstić information content (AvgIpc) is 3.23. The van der Waals surface area contributed by atoms with Crippen LogP contribution in [0.3, 0.4) is 0 Å². The summed E-state index contributed by atoms with van der Waals surface area (Å²) in [6, 6.07) is 8.94. The van der Waals surface area contributed by atoms with Crippen molar-refractivity contribution < 1.29 is 13.2 Å². The minimum atomic E-state index is -3.25. The molecule has 1 aromatic carbocycles. The monoisotopic (exact) mass is 375 g/mol. The quantitative estimate of drug-likeness (QED) is 0.842. The van der Waals surface area contributed by atoms with Crippen LogP contribution in [0.2, 0.25) is 0 Å². The summed E-state index contributed by atoms with van der Waals surface area (Å²) >= 11 is 0. The van der Waals surface area contributed by atoms with Crippen molar-refractivity contribution >= 4 is 15.7 Å². The van der Waals surface area contributed by atoms with Crippen LogP contribution in [-0.2, 0) is 9.84 Å². The second-order valence-corrected chi connectivity index (χ2v) is 9.24. The van der Waals surface area contributed by atoms with Gasteiger partial charge in [-0.25, -0.2) is 8.42 Å². The molecule has 0 saturated heterocycles. The SMILES string of the molecule is Cc1c(C(=O)NC(CS(C)(=O)=O)c2ccccc2)cnn1C1CCCC1. The maximum absolute atomic E-state index is 12.8. The Morgan fingerprint density at radius 1 is 1.27 bits per heavy atom. The van der Waals surface area contributed by atoms with Crippen LogP contribution in [0.1, 0.15) is 59.4 Å². The highest BCUT2D eigenvalue weighted by atomic mass is 32.2. The molecule has 1 fully saturated rings. The number of hydrogen-bond acceptors (Lipinski definition) is 4. The fraction of sp³-hybridized carbons (Fsp3) is 0.474. The third-order valence-electron chi connectivity index (χ3n) is 4.94. The van der Waals surface area contributed by atoms with Crippen molar-refractivity contribution in [3.8, 4) is 0 Å². The van der Waals surface area contributed by atoms with E-state index in [1.807, 2.05) is 41.9 Å². The summed E-state index contributed by atoms with van der Waals surface area (Å²) in [5.74, 6) is -0.428. The summed E-state index contributed by atoms with van der Waals surface area (Å²) in [5.41, 5.74) is 2.11. The molecular weight excluding hydrogens is 350 g/mol. The molecule has 1 amide bonds. The third kappa shape index (κ3) is 4.33. The lowest BCUT2D eigenvalue weighted by atomic mass is 10.1. The molecule has 1 aliphatic carbocycles. The van der Waals surface area contributed by atoms with Crippen molar-refractivity contribution in [1.82, 2.24) is 15.1 Å². The van der Waals surface area contributed by atoms with Crippen LogP contribution < -0.4 is 5.32 Å². The molecule has 1 N–H and O–H groups in total. The Kier molecular flexibility index (Phi) is 5.46. The summed E-state index contributed by atoms with van der Waals surface area (Å²) < 4.78 is 25.6. The number of carbonyl (C=O) groups excluding carboxylic acids is 1. The van der Waals surface area contributed by atoms with E-state index in [2.05, 4.69) is 10.4 Å². The van der Waals surface area contributed by atoms with Crippen LogP contribution >= 0.6 is 0 Å². The Bertz CT molecular complexity index is 869. The zero-order valence-electron chi connectivity index (χ0n) is 15.2. The molecule has 0 spiro atoms. The number of nitrogens with one attached hydrogen (secondary N) is 1. The molecule has 6 nitrogen and oxygen atoms in total. The predicted octanol–water partition coefficient (Wildman–Crippen LogP) is 2.82. The summed E-state index contributed by atoms with van der Waals surface area (Å²) in [7, 11) is -3.25. The van der Waals surface area contributed by atoms with Gasteiger partial charge < -0.3 is 5.32 Å². The van der Waals surface area contributed by atoms with E-state index in [4.69, 9.17) is 0 Å². The third-order valence-corrected chi connectivity index (χ3v) is 5.88. The predicted molar refractivity (Wildman–Crippen MR) is 101 cm³/mol. The molecule has 1 unspecified atom stereocenters. The van der Waals surface area contributed by atoms with Gasteiger partial charge in [0.05, 0.1) is 29.6 Å². The van der Waals surface area contributed by atoms with Crippen molar-refractivity contribution in [1.29, 1.82) is 0 Å². The van der Waals surface area contributed by atoms with E-state index in [1.54, 1.807) is 6.20 Å². The van der Waals surface area contributed by atoms with Crippen molar-refractivity contribution in [2.45, 2.75) is 44.7 Å². The molecule has 1 aromatic heterocycles. The van der Waals surface area contributed by atoms with Crippen LogP contribution in [0.25, 0.3) is 0 Å². The van der Waals surface area contributed by atoms with Gasteiger partial charge in [0.15, 0.2) is 0 Å². The zero-order valence-corrected chi connectivity index (χ0v) is 16.0. The van der Waals surface area contributed by atoms with Crippen molar-refractivity contribution in [2.75, 3.05) is 12.0 Å². The minimum absolute atomic E-state index is 0.140. The van der Waals surface area contributed by atoms with Crippen LogP contribution in [0, 0.1) is 6.92 Å². The zero-order chi connectivity index (χ0) is 18.7. The number of nitrogens with zero attached hydrogens (tertiary/aromatic N) is 2. The largest absolute Gasteiger partial charge is 0.344 e. The van der Waals surface area contributed by atoms with Gasteiger partial charge in [0.2, 0.25) is 0 Å². The molecule has 1 atom stereocenters. The van der Waals surface area contributed by atoms with E-state index in [9.17, 15) is 13.2 Å². The minimum Gasteiger partial charge on any atom is -0.344 e. The summed E-state index contributed by atoms with van der Waals surface area (Å²) in [4.78, 5) is 12.8. The number of carbonyl (C=O) groups is 1. The lowest BCUT2D eigenvalue weighted by molar-refractivity contribution is 0.0939. The highest BCUT2D eigenvalue weighted by molar-refractivity contribution is 7.90. The van der Waals surface area contributed by atoms with Gasteiger partial charge in [-0.3, -0.25) is 9.48 Å². The Morgan fingerprint density at radius 3 is 2.54 bits per heavy atom. The molecular formula is C19H25N3O3S. The van der Waals surface area contributed by atoms with Gasteiger partial charge in [-0.1, -0.05) is 43.2 Å². The van der Waals surface area contributed by atoms with Crippen LogP contribution in [0.4, 0.5) is 0 Å². The summed E-state index contributed by atoms with van der Waals surface area (Å²) in [5, 5.41) is 7.29. The maximum Gasteiger partial charge on any atom is 0.255 e. The van der Waals surface area contributed by atoms with Crippen molar-refractivity contribution in [3.63, 3.8) is 0 Å². The number of benzene rings is 1. The highest BCUT2D eigenvalue weighted by Gasteiger charge is 2.25. The van der Waals surface area contributed by atoms with Crippen molar-refractivity contribution in [3.05, 3.63) is 53.3 Å². The van der Waals surface area contributed by atoms with Crippen molar-refractivity contribution in [2.24, 2.45) is 0 Å². The van der Waals surface area contributed by atoms with Gasteiger partial charge in [-0.05, 0) is 25.3 Å². The first-order valence-corrected chi connectivity index (χ1v) is 11.0. The van der Waals surface area contributed by atoms with E-state index < -0.39 is 15.9 Å². The van der Waals surface area contributed by atoms with Gasteiger partial charge in [0.25, 0.3) is 5.91 Å². The lowest BCUT2D eigenvalue weighted by Gasteiger charge is -2.18. The average molecular weight is 375 g/mol. The molecule has 0 radical (unpaired) electrons. The molecule has 140 valence electrons. The first kappa shape index (κ1) is 18.6. The second-order valence-electron chi connectivity index (χ2n) is 7.06. The molecule has 26 heavy (non-hydrogen) atoms. The van der Waals surface area contributed by atoms with E-state index in [0.717, 1.165) is 24.1 Å². The van der Waals surface area contributed by atoms with Gasteiger partial charge in [0.1, 0.15) is 9.84 Å². The Hall–Kier alpha value is -2.15. The first-order chi connectivity index (χ1) is 12.3. The number of hydrogen-bond donors (Lipinski definition) is 1. The molecule has 0 aliphatic heterocycles. The number of rotatable bonds is 6. The summed E-state index contributed by atoms with van der Waals surface area (Å²) in [6.07, 6.45) is 7.32. The Balaban J connectivity index is 1.82. The molecule has 7 heteroatoms. The highest BCUT2D eigenvalue weighted by Crippen LogP contribution is 2.30. The molecule has 3 rings (SSSR count). The molecule has 1 heterocycles. The molecule has 0 bridgehead atoms. The number of sulfone groups is 1. The normalized spacial score (nSPS) is 16.5. The van der Waals surface area contributed by atoms with E-state index >= 15 is 0 Å². The fourth-order valence-corrected chi connectivity index (χ4v) is 4.49. The standard InChI is InChI=1S/C19H25N3O3S/c1-14-17(12-20-22(14)16-10-6-7-11-16)19(23)21-18(13-26(2,24)25)15-8-4-3-5-9-15/h3-5,8-9,12,16,18H,6-7,10-11,13H2,1-2H3,(H,21,23). The van der Waals surface area contributed by atoms with Gasteiger partial charge in [-0.2, -0.15) is 5.10 Å². The fourth-order valence-electron chi connectivity index (χ4n) is 3.61. The molecule has 2 aromatic rings. The molecule has 1 aliphatic rings. The topological polar surface area (TPSA) is 81.1 Å². The van der Waals surface area contributed by atoms with E-state index in [-0.39, 0.29) is 11.7 Å². The van der Waals surface area contributed by atoms with Gasteiger partial charge >= 0.3 is 0 Å². The molecule has 1 saturated carbocycles. The van der Waals surface area contributed by atoms with Gasteiger partial charge in [-0.15, -0.1) is 0 Å². The Morgan fingerprint density at radius 2 is 1.92 bits per heavy atom. The van der Waals surface area contributed by atoms with Crippen LogP contribution in [0.15, 0.2) is 36.5 Å². The lowest BCUT2D eigenvalue weighted by Crippen LogP contribution is -2.33. The van der Waals surface area contributed by atoms with Gasteiger partial charge in [0, 0.05) is 11.9 Å². The Labute approximate surface area is 154 Å². The second kappa shape index (κ2) is 7.61. The maximum atomic E-state index is 12.8. The first-order valence-electron chi connectivity index (χ1n) is 8.93. The summed E-state index contributed by atoms with van der Waals surface area (Å²) in [6.45, 7) is 1.90. The number of amides is 1.